The SMILES string of the molecule is c1ccc(-c2cc(-c3ccccc3)nc(-c3cccc(-n4c5ccccc5c5ccc6c7ccccc7sc6c54)c3)n2)cc1. The molecule has 9 rings (SSSR count). The van der Waals surface area contributed by atoms with Crippen LogP contribution in [0.1, 0.15) is 0 Å². The number of aromatic nitrogens is 3. The minimum atomic E-state index is 0.708. The summed E-state index contributed by atoms with van der Waals surface area (Å²) in [5.41, 5.74) is 8.45. The molecule has 0 unspecified atom stereocenters. The maximum absolute atomic E-state index is 5.11. The summed E-state index contributed by atoms with van der Waals surface area (Å²) in [6, 6.07) is 53.4. The molecule has 9 aromatic rings. The van der Waals surface area contributed by atoms with Crippen LogP contribution in [0.25, 0.3) is 81.6 Å². The first kappa shape index (κ1) is 25.0. The monoisotopic (exact) mass is 579 g/mol. The topological polar surface area (TPSA) is 30.7 Å². The van der Waals surface area contributed by atoms with Gasteiger partial charge in [0.15, 0.2) is 5.82 Å². The molecule has 6 aromatic carbocycles. The number of hydrogen-bond donors (Lipinski definition) is 0. The van der Waals surface area contributed by atoms with Crippen LogP contribution >= 0.6 is 11.3 Å². The van der Waals surface area contributed by atoms with Crippen LogP contribution in [-0.4, -0.2) is 14.5 Å². The molecule has 0 radical (unpaired) electrons. The highest BCUT2D eigenvalue weighted by atomic mass is 32.1. The van der Waals surface area contributed by atoms with E-state index in [-0.39, 0.29) is 0 Å². The van der Waals surface area contributed by atoms with Gasteiger partial charge in [-0.25, -0.2) is 9.97 Å². The van der Waals surface area contributed by atoms with E-state index < -0.39 is 0 Å². The largest absolute Gasteiger partial charge is 0.308 e. The molecule has 0 saturated heterocycles. The lowest BCUT2D eigenvalue weighted by molar-refractivity contribution is 1.16. The van der Waals surface area contributed by atoms with Gasteiger partial charge in [-0.05, 0) is 30.3 Å². The number of thiophene rings is 1. The number of benzene rings is 6. The Bertz CT molecular complexity index is 2430. The van der Waals surface area contributed by atoms with Gasteiger partial charge in [-0.1, -0.05) is 121 Å². The summed E-state index contributed by atoms with van der Waals surface area (Å²) in [7, 11) is 0. The highest BCUT2D eigenvalue weighted by Crippen LogP contribution is 2.43. The van der Waals surface area contributed by atoms with Crippen molar-refractivity contribution in [3.8, 4) is 39.6 Å². The van der Waals surface area contributed by atoms with Gasteiger partial charge < -0.3 is 4.57 Å². The van der Waals surface area contributed by atoms with Crippen LogP contribution in [-0.2, 0) is 0 Å². The normalized spacial score (nSPS) is 11.6. The van der Waals surface area contributed by atoms with Crippen LogP contribution in [0.3, 0.4) is 0 Å². The Balaban J connectivity index is 1.30. The van der Waals surface area contributed by atoms with Crippen molar-refractivity contribution in [2.75, 3.05) is 0 Å². The van der Waals surface area contributed by atoms with E-state index in [1.54, 1.807) is 0 Å². The molecule has 0 amide bonds. The fourth-order valence-electron chi connectivity index (χ4n) is 6.37. The molecule has 3 heterocycles. The van der Waals surface area contributed by atoms with Crippen LogP contribution in [0.5, 0.6) is 0 Å². The first-order valence-electron chi connectivity index (χ1n) is 14.8. The minimum Gasteiger partial charge on any atom is -0.308 e. The zero-order chi connectivity index (χ0) is 29.0. The van der Waals surface area contributed by atoms with Gasteiger partial charge in [0, 0.05) is 48.6 Å². The van der Waals surface area contributed by atoms with E-state index in [1.165, 1.54) is 42.0 Å². The van der Waals surface area contributed by atoms with Gasteiger partial charge in [0.2, 0.25) is 0 Å². The lowest BCUT2D eigenvalue weighted by atomic mass is 10.1. The van der Waals surface area contributed by atoms with Crippen molar-refractivity contribution in [2.24, 2.45) is 0 Å². The van der Waals surface area contributed by atoms with Crippen LogP contribution in [0.2, 0.25) is 0 Å². The fraction of sp³-hybridized carbons (Fsp3) is 0. The Morgan fingerprint density at radius 1 is 0.455 bits per heavy atom. The smallest absolute Gasteiger partial charge is 0.160 e. The number of para-hydroxylation sites is 1. The van der Waals surface area contributed by atoms with Crippen molar-refractivity contribution in [1.82, 2.24) is 14.5 Å². The van der Waals surface area contributed by atoms with E-state index in [0.29, 0.717) is 5.82 Å². The van der Waals surface area contributed by atoms with Crippen molar-refractivity contribution < 1.29 is 0 Å². The molecular weight excluding hydrogens is 555 g/mol. The second-order valence-electron chi connectivity index (χ2n) is 11.0. The average Bonchev–Trinajstić information content (AvgIpc) is 3.65. The number of fused-ring (bicyclic) bond motifs is 7. The van der Waals surface area contributed by atoms with Crippen LogP contribution < -0.4 is 0 Å². The zero-order valence-corrected chi connectivity index (χ0v) is 24.5. The van der Waals surface area contributed by atoms with Gasteiger partial charge in [0.25, 0.3) is 0 Å². The van der Waals surface area contributed by atoms with Crippen molar-refractivity contribution in [3.05, 3.63) is 152 Å². The third kappa shape index (κ3) is 3.96. The molecule has 206 valence electrons. The maximum atomic E-state index is 5.11. The summed E-state index contributed by atoms with van der Waals surface area (Å²) < 4.78 is 5.03. The lowest BCUT2D eigenvalue weighted by Crippen LogP contribution is -1.98. The quantitative estimate of drug-likeness (QED) is 0.208. The molecule has 0 aliphatic heterocycles. The van der Waals surface area contributed by atoms with E-state index >= 15 is 0 Å². The molecule has 0 saturated carbocycles. The third-order valence-electron chi connectivity index (χ3n) is 8.41. The summed E-state index contributed by atoms with van der Waals surface area (Å²) in [4.78, 5) is 10.2. The third-order valence-corrected chi connectivity index (χ3v) is 9.60. The molecule has 0 spiro atoms. The van der Waals surface area contributed by atoms with Crippen LogP contribution in [0, 0.1) is 0 Å². The predicted octanol–water partition coefficient (Wildman–Crippen LogP) is 10.9. The van der Waals surface area contributed by atoms with E-state index in [0.717, 1.165) is 33.8 Å². The first-order valence-corrected chi connectivity index (χ1v) is 15.6. The molecule has 0 aliphatic rings. The van der Waals surface area contributed by atoms with Gasteiger partial charge in [0.1, 0.15) is 0 Å². The number of hydrogen-bond acceptors (Lipinski definition) is 3. The maximum Gasteiger partial charge on any atom is 0.160 e. The van der Waals surface area contributed by atoms with E-state index in [2.05, 4.69) is 144 Å². The van der Waals surface area contributed by atoms with Crippen LogP contribution in [0.15, 0.2) is 152 Å². The molecule has 4 heteroatoms. The molecule has 44 heavy (non-hydrogen) atoms. The summed E-state index contributed by atoms with van der Waals surface area (Å²) in [5.74, 6) is 0.708. The molecule has 3 nitrogen and oxygen atoms in total. The van der Waals surface area contributed by atoms with Crippen LogP contribution in [0.4, 0.5) is 0 Å². The lowest BCUT2D eigenvalue weighted by Gasteiger charge is -2.12. The Hall–Kier alpha value is -5.58. The highest BCUT2D eigenvalue weighted by molar-refractivity contribution is 7.26. The summed E-state index contributed by atoms with van der Waals surface area (Å²) >= 11 is 1.87. The fourth-order valence-corrected chi connectivity index (χ4v) is 7.61. The second kappa shape index (κ2) is 10.0. The standard InChI is InChI=1S/C40H25N3S/c1-3-12-26(13-4-1)34-25-35(27-14-5-2-6-15-27)42-40(41-34)28-16-11-17-29(24-28)43-36-20-9-7-18-30(36)32-22-23-33-31-19-8-10-21-37(31)44-39(33)38(32)43/h1-25H. The number of rotatable bonds is 4. The Kier molecular flexibility index (Phi) is 5.68. The van der Waals surface area contributed by atoms with Gasteiger partial charge in [0.05, 0.1) is 27.1 Å². The Morgan fingerprint density at radius 2 is 1.07 bits per heavy atom. The second-order valence-corrected chi connectivity index (χ2v) is 12.1. The molecule has 3 aromatic heterocycles. The molecule has 0 N–H and O–H groups in total. The average molecular weight is 580 g/mol. The molecular formula is C40H25N3S. The molecule has 0 aliphatic carbocycles. The Morgan fingerprint density at radius 3 is 1.82 bits per heavy atom. The van der Waals surface area contributed by atoms with E-state index in [9.17, 15) is 0 Å². The summed E-state index contributed by atoms with van der Waals surface area (Å²) in [5, 5.41) is 5.11. The van der Waals surface area contributed by atoms with Gasteiger partial charge in [-0.3, -0.25) is 0 Å². The van der Waals surface area contributed by atoms with Crippen molar-refractivity contribution >= 4 is 53.3 Å². The minimum absolute atomic E-state index is 0.708. The van der Waals surface area contributed by atoms with Crippen molar-refractivity contribution in [1.29, 1.82) is 0 Å². The predicted molar refractivity (Wildman–Crippen MR) is 186 cm³/mol. The first-order chi connectivity index (χ1) is 21.8. The molecule has 0 atom stereocenters. The van der Waals surface area contributed by atoms with Crippen molar-refractivity contribution in [2.45, 2.75) is 0 Å². The number of nitrogens with zero attached hydrogens (tertiary/aromatic N) is 3. The molecule has 0 bridgehead atoms. The van der Waals surface area contributed by atoms with E-state index in [4.69, 9.17) is 9.97 Å². The van der Waals surface area contributed by atoms with E-state index in [1.807, 2.05) is 23.5 Å². The zero-order valence-electron chi connectivity index (χ0n) is 23.7. The highest BCUT2D eigenvalue weighted by Gasteiger charge is 2.18. The van der Waals surface area contributed by atoms with Gasteiger partial charge in [-0.2, -0.15) is 0 Å². The van der Waals surface area contributed by atoms with Gasteiger partial charge in [-0.15, -0.1) is 11.3 Å². The Labute approximate surface area is 258 Å². The summed E-state index contributed by atoms with van der Waals surface area (Å²) in [6.45, 7) is 0. The van der Waals surface area contributed by atoms with Crippen molar-refractivity contribution in [3.63, 3.8) is 0 Å². The summed E-state index contributed by atoms with van der Waals surface area (Å²) in [6.07, 6.45) is 0. The van der Waals surface area contributed by atoms with Gasteiger partial charge >= 0.3 is 0 Å². The molecule has 0 fully saturated rings.